The molecule has 0 radical (unpaired) electrons. The van der Waals surface area contributed by atoms with Crippen LogP contribution >= 0.6 is 0 Å². The molecule has 0 aliphatic rings. The lowest BCUT2D eigenvalue weighted by Crippen LogP contribution is -2.40. The predicted octanol–water partition coefficient (Wildman–Crippen LogP) is 1.39. The van der Waals surface area contributed by atoms with E-state index in [2.05, 4.69) is 4.72 Å². The van der Waals surface area contributed by atoms with E-state index in [1.807, 2.05) is 0 Å². The number of rotatable bonds is 8. The van der Waals surface area contributed by atoms with Crippen LogP contribution in [0.25, 0.3) is 0 Å². The molecule has 1 aromatic rings. The third-order valence-corrected chi connectivity index (χ3v) is 4.34. The Kier molecular flexibility index (Phi) is 6.51. The highest BCUT2D eigenvalue weighted by Gasteiger charge is 2.24. The smallest absolute Gasteiger partial charge is 0.338 e. The van der Waals surface area contributed by atoms with Crippen molar-refractivity contribution in [1.29, 1.82) is 0 Å². The second kappa shape index (κ2) is 7.90. The fourth-order valence-electron chi connectivity index (χ4n) is 1.76. The molecule has 8 heteroatoms. The molecule has 0 spiro atoms. The fourth-order valence-corrected chi connectivity index (χ4v) is 2.99. The molecule has 0 bridgehead atoms. The van der Waals surface area contributed by atoms with Gasteiger partial charge in [0, 0.05) is 0 Å². The zero-order valence-corrected chi connectivity index (χ0v) is 13.2. The molecule has 0 heterocycles. The Morgan fingerprint density at radius 2 is 1.82 bits per heavy atom. The van der Waals surface area contributed by atoms with Crippen molar-refractivity contribution in [2.75, 3.05) is 6.61 Å². The van der Waals surface area contributed by atoms with Gasteiger partial charge in [0.2, 0.25) is 10.0 Å². The van der Waals surface area contributed by atoms with Crippen molar-refractivity contribution < 1.29 is 27.9 Å². The zero-order valence-electron chi connectivity index (χ0n) is 12.4. The van der Waals surface area contributed by atoms with Crippen molar-refractivity contribution in [3.05, 3.63) is 29.8 Å². The molecule has 7 nitrogen and oxygen atoms in total. The van der Waals surface area contributed by atoms with Gasteiger partial charge >= 0.3 is 11.9 Å². The summed E-state index contributed by atoms with van der Waals surface area (Å²) < 4.78 is 31.2. The molecule has 1 unspecified atom stereocenters. The summed E-state index contributed by atoms with van der Waals surface area (Å²) in [6, 6.07) is 3.93. The van der Waals surface area contributed by atoms with Gasteiger partial charge in [-0.25, -0.2) is 13.2 Å². The number of ether oxygens (including phenoxy) is 1. The molecule has 0 saturated heterocycles. The summed E-state index contributed by atoms with van der Waals surface area (Å²) in [6.07, 6.45) is 0.719. The first-order valence-corrected chi connectivity index (χ1v) is 8.32. The van der Waals surface area contributed by atoms with E-state index in [1.165, 1.54) is 24.3 Å². The SMILES string of the molecule is CCCC(NS(=O)(=O)c1ccc(C(=O)OCC)cc1)C(=O)O. The van der Waals surface area contributed by atoms with Gasteiger partial charge in [-0.3, -0.25) is 4.79 Å². The highest BCUT2D eigenvalue weighted by atomic mass is 32.2. The summed E-state index contributed by atoms with van der Waals surface area (Å²) in [5.74, 6) is -1.78. The number of carboxylic acids is 1. The van der Waals surface area contributed by atoms with Gasteiger partial charge in [-0.1, -0.05) is 13.3 Å². The number of sulfonamides is 1. The minimum Gasteiger partial charge on any atom is -0.480 e. The standard InChI is InChI=1S/C14H19NO6S/c1-3-5-12(13(16)17)15-22(19,20)11-8-6-10(7-9-11)14(18)21-4-2/h6-9,12,15H,3-5H2,1-2H3,(H,16,17). The van der Waals surface area contributed by atoms with Gasteiger partial charge in [-0.2, -0.15) is 4.72 Å². The Morgan fingerprint density at radius 3 is 2.27 bits per heavy atom. The minimum absolute atomic E-state index is 0.108. The number of nitrogens with one attached hydrogen (secondary N) is 1. The van der Waals surface area contributed by atoms with E-state index >= 15 is 0 Å². The zero-order chi connectivity index (χ0) is 16.8. The summed E-state index contributed by atoms with van der Waals surface area (Å²) in [5, 5.41) is 9.00. The molecule has 122 valence electrons. The molecule has 1 rings (SSSR count). The molecule has 1 atom stereocenters. The first-order chi connectivity index (χ1) is 10.3. The molecule has 0 aliphatic heterocycles. The Labute approximate surface area is 129 Å². The summed E-state index contributed by atoms with van der Waals surface area (Å²) in [4.78, 5) is 22.4. The monoisotopic (exact) mass is 329 g/mol. The van der Waals surface area contributed by atoms with Gasteiger partial charge in [0.15, 0.2) is 0 Å². The molecule has 0 saturated carbocycles. The number of carbonyl (C=O) groups excluding carboxylic acids is 1. The van der Waals surface area contributed by atoms with Crippen molar-refractivity contribution in [3.8, 4) is 0 Å². The molecule has 0 fully saturated rings. The van der Waals surface area contributed by atoms with Crippen molar-refractivity contribution in [3.63, 3.8) is 0 Å². The fraction of sp³-hybridized carbons (Fsp3) is 0.429. The van der Waals surface area contributed by atoms with E-state index in [4.69, 9.17) is 9.84 Å². The normalized spacial score (nSPS) is 12.6. The van der Waals surface area contributed by atoms with Crippen LogP contribution in [0.1, 0.15) is 37.0 Å². The molecule has 0 aromatic heterocycles. The van der Waals surface area contributed by atoms with Crippen LogP contribution in [0.2, 0.25) is 0 Å². The van der Waals surface area contributed by atoms with Gasteiger partial charge in [-0.15, -0.1) is 0 Å². The van der Waals surface area contributed by atoms with E-state index in [-0.39, 0.29) is 23.5 Å². The number of carboxylic acid groups (broad SMARTS) is 1. The summed E-state index contributed by atoms with van der Waals surface area (Å²) in [7, 11) is -3.96. The highest BCUT2D eigenvalue weighted by molar-refractivity contribution is 7.89. The van der Waals surface area contributed by atoms with Crippen LogP contribution < -0.4 is 4.72 Å². The van der Waals surface area contributed by atoms with Crippen LogP contribution in [-0.2, 0) is 19.6 Å². The number of hydrogen-bond acceptors (Lipinski definition) is 5. The van der Waals surface area contributed by atoms with E-state index in [0.717, 1.165) is 0 Å². The second-order valence-corrected chi connectivity index (χ2v) is 6.26. The van der Waals surface area contributed by atoms with Crippen LogP contribution in [-0.4, -0.2) is 38.1 Å². The Hall–Kier alpha value is -1.93. The lowest BCUT2D eigenvalue weighted by Gasteiger charge is -2.14. The molecule has 0 amide bonds. The van der Waals surface area contributed by atoms with Crippen LogP contribution in [0.3, 0.4) is 0 Å². The number of benzene rings is 1. The van der Waals surface area contributed by atoms with Crippen molar-refractivity contribution in [2.45, 2.75) is 37.6 Å². The maximum absolute atomic E-state index is 12.1. The summed E-state index contributed by atoms with van der Waals surface area (Å²) in [5.41, 5.74) is 0.226. The third kappa shape index (κ3) is 4.81. The third-order valence-electron chi connectivity index (χ3n) is 2.85. The predicted molar refractivity (Wildman–Crippen MR) is 79.1 cm³/mol. The maximum atomic E-state index is 12.1. The Morgan fingerprint density at radius 1 is 1.23 bits per heavy atom. The van der Waals surface area contributed by atoms with E-state index in [1.54, 1.807) is 13.8 Å². The molecule has 2 N–H and O–H groups in total. The van der Waals surface area contributed by atoms with Crippen LogP contribution in [0.4, 0.5) is 0 Å². The lowest BCUT2D eigenvalue weighted by molar-refractivity contribution is -0.139. The first kappa shape index (κ1) is 18.1. The summed E-state index contributed by atoms with van der Waals surface area (Å²) >= 11 is 0. The largest absolute Gasteiger partial charge is 0.480 e. The number of hydrogen-bond donors (Lipinski definition) is 2. The average Bonchev–Trinajstić information content (AvgIpc) is 2.47. The minimum atomic E-state index is -3.96. The number of esters is 1. The van der Waals surface area contributed by atoms with E-state index < -0.39 is 28.0 Å². The van der Waals surface area contributed by atoms with Crippen molar-refractivity contribution in [2.24, 2.45) is 0 Å². The van der Waals surface area contributed by atoms with Gasteiger partial charge < -0.3 is 9.84 Å². The average molecular weight is 329 g/mol. The molecule has 22 heavy (non-hydrogen) atoms. The van der Waals surface area contributed by atoms with Gasteiger partial charge in [0.1, 0.15) is 6.04 Å². The van der Waals surface area contributed by atoms with E-state index in [0.29, 0.717) is 6.42 Å². The quantitative estimate of drug-likeness (QED) is 0.698. The van der Waals surface area contributed by atoms with Gasteiger partial charge in [0.05, 0.1) is 17.1 Å². The lowest BCUT2D eigenvalue weighted by atomic mass is 10.2. The molecule has 0 aliphatic carbocycles. The van der Waals surface area contributed by atoms with Crippen LogP contribution in [0, 0.1) is 0 Å². The van der Waals surface area contributed by atoms with E-state index in [9.17, 15) is 18.0 Å². The van der Waals surface area contributed by atoms with Gasteiger partial charge in [0.25, 0.3) is 0 Å². The maximum Gasteiger partial charge on any atom is 0.338 e. The van der Waals surface area contributed by atoms with Crippen molar-refractivity contribution in [1.82, 2.24) is 4.72 Å². The van der Waals surface area contributed by atoms with Crippen molar-refractivity contribution >= 4 is 22.0 Å². The number of aliphatic carboxylic acids is 1. The highest BCUT2D eigenvalue weighted by Crippen LogP contribution is 2.13. The summed E-state index contributed by atoms with van der Waals surface area (Å²) in [6.45, 7) is 3.65. The Balaban J connectivity index is 2.93. The molecule has 1 aromatic carbocycles. The Bertz CT molecular complexity index is 623. The van der Waals surface area contributed by atoms with Crippen LogP contribution in [0.5, 0.6) is 0 Å². The second-order valence-electron chi connectivity index (χ2n) is 4.55. The number of carbonyl (C=O) groups is 2. The van der Waals surface area contributed by atoms with Gasteiger partial charge in [-0.05, 0) is 37.6 Å². The first-order valence-electron chi connectivity index (χ1n) is 6.84. The van der Waals surface area contributed by atoms with Crippen LogP contribution in [0.15, 0.2) is 29.2 Å². The molecular weight excluding hydrogens is 310 g/mol. The topological polar surface area (TPSA) is 110 Å². The molecular formula is C14H19NO6S.